The van der Waals surface area contributed by atoms with Crippen LogP contribution in [0.1, 0.15) is 15.9 Å². The van der Waals surface area contributed by atoms with Crippen molar-refractivity contribution in [2.75, 3.05) is 7.11 Å². The van der Waals surface area contributed by atoms with Gasteiger partial charge in [-0.2, -0.15) is 13.2 Å². The molecule has 1 amide bonds. The smallest absolute Gasteiger partial charge is 0.471 e. The first-order chi connectivity index (χ1) is 8.82. The minimum absolute atomic E-state index is 0.0349. The minimum Gasteiger partial charge on any atom is -0.497 e. The molecule has 1 aromatic carbocycles. The number of carbonyl (C=O) groups excluding carboxylic acids is 2. The molecule has 102 valence electrons. The zero-order valence-electron chi connectivity index (χ0n) is 9.88. The molecular formula is C12H10F3NO3. The van der Waals surface area contributed by atoms with E-state index in [4.69, 9.17) is 4.74 Å². The van der Waals surface area contributed by atoms with Crippen LogP contribution in [0.3, 0.4) is 0 Å². The molecule has 0 unspecified atom stereocenters. The predicted octanol–water partition coefficient (Wildman–Crippen LogP) is 1.48. The lowest BCUT2D eigenvalue weighted by atomic mass is 10.1. The summed E-state index contributed by atoms with van der Waals surface area (Å²) in [6.07, 6.45) is -4.96. The van der Waals surface area contributed by atoms with Crippen LogP contribution in [-0.4, -0.2) is 31.0 Å². The summed E-state index contributed by atoms with van der Waals surface area (Å²) in [5, 5.41) is 1.70. The molecule has 0 saturated carbocycles. The van der Waals surface area contributed by atoms with E-state index < -0.39 is 23.9 Å². The molecule has 0 spiro atoms. The third-order valence-corrected chi connectivity index (χ3v) is 2.88. The molecule has 0 fully saturated rings. The Kier molecular flexibility index (Phi) is 3.21. The predicted molar refractivity (Wildman–Crippen MR) is 59.0 cm³/mol. The number of rotatable bonds is 2. The fourth-order valence-corrected chi connectivity index (χ4v) is 1.96. The summed E-state index contributed by atoms with van der Waals surface area (Å²) in [7, 11) is 1.45. The van der Waals surface area contributed by atoms with E-state index in [0.29, 0.717) is 16.9 Å². The Labute approximate surface area is 106 Å². The van der Waals surface area contributed by atoms with Crippen LogP contribution in [-0.2, 0) is 11.2 Å². The molecule has 1 aromatic rings. The summed E-state index contributed by atoms with van der Waals surface area (Å²) < 4.78 is 41.4. The van der Waals surface area contributed by atoms with Crippen molar-refractivity contribution in [2.45, 2.75) is 18.6 Å². The van der Waals surface area contributed by atoms with Crippen molar-refractivity contribution in [3.05, 3.63) is 29.3 Å². The van der Waals surface area contributed by atoms with Crippen molar-refractivity contribution in [3.63, 3.8) is 0 Å². The first-order valence-electron chi connectivity index (χ1n) is 5.41. The van der Waals surface area contributed by atoms with E-state index in [9.17, 15) is 22.8 Å². The van der Waals surface area contributed by atoms with Gasteiger partial charge in [-0.05, 0) is 23.8 Å². The second-order valence-electron chi connectivity index (χ2n) is 4.12. The van der Waals surface area contributed by atoms with Gasteiger partial charge in [0.2, 0.25) is 0 Å². The molecule has 0 saturated heterocycles. The SMILES string of the molecule is COc1ccc2c(c1)C[C@@H](NC(=O)C(F)(F)F)C2=O. The van der Waals surface area contributed by atoms with Crippen LogP contribution in [0.25, 0.3) is 0 Å². The van der Waals surface area contributed by atoms with Crippen molar-refractivity contribution in [2.24, 2.45) is 0 Å². The summed E-state index contributed by atoms with van der Waals surface area (Å²) in [6, 6.07) is 3.43. The molecule has 1 N–H and O–H groups in total. The molecule has 7 heteroatoms. The first-order valence-corrected chi connectivity index (χ1v) is 5.41. The lowest BCUT2D eigenvalue weighted by Crippen LogP contribution is -2.45. The van der Waals surface area contributed by atoms with E-state index in [1.807, 2.05) is 0 Å². The highest BCUT2D eigenvalue weighted by Gasteiger charge is 2.42. The fourth-order valence-electron chi connectivity index (χ4n) is 1.96. The van der Waals surface area contributed by atoms with Gasteiger partial charge in [0.05, 0.1) is 13.2 Å². The van der Waals surface area contributed by atoms with Crippen molar-refractivity contribution in [1.82, 2.24) is 5.32 Å². The number of hydrogen-bond donors (Lipinski definition) is 1. The topological polar surface area (TPSA) is 55.4 Å². The van der Waals surface area contributed by atoms with Crippen LogP contribution in [0.15, 0.2) is 18.2 Å². The molecule has 1 aliphatic rings. The number of hydrogen-bond acceptors (Lipinski definition) is 3. The van der Waals surface area contributed by atoms with Gasteiger partial charge in [-0.1, -0.05) is 0 Å². The molecular weight excluding hydrogens is 263 g/mol. The molecule has 1 atom stereocenters. The Balaban J connectivity index is 2.17. The Morgan fingerprint density at radius 2 is 2.11 bits per heavy atom. The molecule has 19 heavy (non-hydrogen) atoms. The van der Waals surface area contributed by atoms with Gasteiger partial charge < -0.3 is 10.1 Å². The molecule has 0 bridgehead atoms. The Bertz CT molecular complexity index is 540. The number of carbonyl (C=O) groups is 2. The number of alkyl halides is 3. The van der Waals surface area contributed by atoms with Crippen LogP contribution >= 0.6 is 0 Å². The molecule has 0 aromatic heterocycles. The monoisotopic (exact) mass is 273 g/mol. The second-order valence-corrected chi connectivity index (χ2v) is 4.12. The lowest BCUT2D eigenvalue weighted by Gasteiger charge is -2.12. The van der Waals surface area contributed by atoms with Crippen molar-refractivity contribution < 1.29 is 27.5 Å². The van der Waals surface area contributed by atoms with E-state index in [0.717, 1.165) is 0 Å². The Morgan fingerprint density at radius 3 is 2.68 bits per heavy atom. The average molecular weight is 273 g/mol. The Morgan fingerprint density at radius 1 is 1.42 bits per heavy atom. The highest BCUT2D eigenvalue weighted by atomic mass is 19.4. The standard InChI is InChI=1S/C12H10F3NO3/c1-19-7-2-3-8-6(4-7)5-9(10(8)17)16-11(18)12(13,14)15/h2-4,9H,5H2,1H3,(H,16,18)/t9-/m1/s1. The number of ether oxygens (including phenoxy) is 1. The van der Waals surface area contributed by atoms with Gasteiger partial charge in [0.1, 0.15) is 5.75 Å². The summed E-state index contributed by atoms with van der Waals surface area (Å²) in [5.41, 5.74) is 0.880. The average Bonchev–Trinajstić information content (AvgIpc) is 2.64. The zero-order valence-corrected chi connectivity index (χ0v) is 9.88. The molecule has 4 nitrogen and oxygen atoms in total. The van der Waals surface area contributed by atoms with E-state index in [1.165, 1.54) is 13.2 Å². The summed E-state index contributed by atoms with van der Waals surface area (Å²) in [6.45, 7) is 0. The first kappa shape index (κ1) is 13.4. The number of benzene rings is 1. The van der Waals surface area contributed by atoms with E-state index in [1.54, 1.807) is 17.4 Å². The zero-order chi connectivity index (χ0) is 14.2. The highest BCUT2D eigenvalue weighted by Crippen LogP contribution is 2.27. The number of Topliss-reactive ketones (excluding diaryl/α,β-unsaturated/α-hetero) is 1. The van der Waals surface area contributed by atoms with E-state index >= 15 is 0 Å². The van der Waals surface area contributed by atoms with Gasteiger partial charge in [0.25, 0.3) is 0 Å². The molecule has 0 radical (unpaired) electrons. The maximum absolute atomic E-state index is 12.1. The van der Waals surface area contributed by atoms with Gasteiger partial charge in [-0.25, -0.2) is 0 Å². The van der Waals surface area contributed by atoms with Crippen LogP contribution in [0.5, 0.6) is 5.75 Å². The van der Waals surface area contributed by atoms with Crippen molar-refractivity contribution in [1.29, 1.82) is 0 Å². The van der Waals surface area contributed by atoms with Gasteiger partial charge in [-0.15, -0.1) is 0 Å². The minimum atomic E-state index is -4.99. The molecule has 1 aliphatic carbocycles. The second kappa shape index (κ2) is 4.56. The van der Waals surface area contributed by atoms with Gasteiger partial charge in [0.15, 0.2) is 5.78 Å². The summed E-state index contributed by atoms with van der Waals surface area (Å²) in [4.78, 5) is 22.7. The van der Waals surface area contributed by atoms with Crippen LogP contribution in [0, 0.1) is 0 Å². The normalized spacial score (nSPS) is 18.1. The third-order valence-electron chi connectivity index (χ3n) is 2.88. The Hall–Kier alpha value is -2.05. The lowest BCUT2D eigenvalue weighted by molar-refractivity contribution is -0.174. The van der Waals surface area contributed by atoms with Gasteiger partial charge in [0, 0.05) is 12.0 Å². The summed E-state index contributed by atoms with van der Waals surface area (Å²) >= 11 is 0. The van der Waals surface area contributed by atoms with Gasteiger partial charge in [-0.3, -0.25) is 9.59 Å². The quantitative estimate of drug-likeness (QED) is 0.888. The fraction of sp³-hybridized carbons (Fsp3) is 0.333. The highest BCUT2D eigenvalue weighted by molar-refractivity contribution is 6.06. The van der Waals surface area contributed by atoms with Crippen molar-refractivity contribution in [3.8, 4) is 5.75 Å². The number of methoxy groups -OCH3 is 1. The number of ketones is 1. The summed E-state index contributed by atoms with van der Waals surface area (Å²) in [5.74, 6) is -2.12. The maximum Gasteiger partial charge on any atom is 0.471 e. The van der Waals surface area contributed by atoms with Gasteiger partial charge >= 0.3 is 12.1 Å². The number of nitrogens with one attached hydrogen (secondary N) is 1. The number of fused-ring (bicyclic) bond motifs is 1. The maximum atomic E-state index is 12.1. The largest absolute Gasteiger partial charge is 0.497 e. The molecule has 0 heterocycles. The van der Waals surface area contributed by atoms with E-state index in [-0.39, 0.29) is 6.42 Å². The van der Waals surface area contributed by atoms with E-state index in [2.05, 4.69) is 0 Å². The van der Waals surface area contributed by atoms with Crippen molar-refractivity contribution >= 4 is 11.7 Å². The number of halogens is 3. The molecule has 0 aliphatic heterocycles. The van der Waals surface area contributed by atoms with Crippen LogP contribution < -0.4 is 10.1 Å². The molecule has 2 rings (SSSR count). The third kappa shape index (κ3) is 2.54. The number of amides is 1. The van der Waals surface area contributed by atoms with Crippen LogP contribution in [0.4, 0.5) is 13.2 Å². The van der Waals surface area contributed by atoms with Crippen LogP contribution in [0.2, 0.25) is 0 Å².